The first-order chi connectivity index (χ1) is 9.36. The molecule has 94 valence electrons. The third kappa shape index (κ3) is 2.43. The quantitative estimate of drug-likeness (QED) is 0.886. The molecule has 1 aromatic carbocycles. The van der Waals surface area contributed by atoms with Crippen LogP contribution in [0.2, 0.25) is 0 Å². The number of aromatic nitrogens is 1. The normalized spacial score (nSPS) is 17.3. The van der Waals surface area contributed by atoms with Crippen molar-refractivity contribution in [1.29, 1.82) is 5.26 Å². The van der Waals surface area contributed by atoms with E-state index in [9.17, 15) is 0 Å². The number of nitriles is 1. The molecule has 2 aromatic rings. The fraction of sp³-hybridized carbons (Fsp3) is 0.250. The van der Waals surface area contributed by atoms with Gasteiger partial charge in [0.2, 0.25) is 0 Å². The molecule has 0 saturated carbocycles. The summed E-state index contributed by atoms with van der Waals surface area (Å²) in [4.78, 5) is 4.10. The summed E-state index contributed by atoms with van der Waals surface area (Å²) < 4.78 is 0. The summed E-state index contributed by atoms with van der Waals surface area (Å²) in [6, 6.07) is 14.6. The van der Waals surface area contributed by atoms with Crippen LogP contribution in [0.25, 0.3) is 0 Å². The van der Waals surface area contributed by atoms with Gasteiger partial charge in [0.25, 0.3) is 0 Å². The second kappa shape index (κ2) is 5.11. The zero-order valence-electron chi connectivity index (χ0n) is 10.6. The zero-order chi connectivity index (χ0) is 13.1. The maximum atomic E-state index is 8.75. The molecule has 0 saturated heterocycles. The van der Waals surface area contributed by atoms with E-state index in [2.05, 4.69) is 34.6 Å². The van der Waals surface area contributed by atoms with Crippen molar-refractivity contribution in [2.45, 2.75) is 25.3 Å². The summed E-state index contributed by atoms with van der Waals surface area (Å²) in [6.45, 7) is 0. The SMILES string of the molecule is N#Cc1ccc(NC2CCCc3ccccc32)cn1. The molecule has 1 aliphatic rings. The Hall–Kier alpha value is -2.34. The average Bonchev–Trinajstić information content (AvgIpc) is 2.48. The Morgan fingerprint density at radius 1 is 1.21 bits per heavy atom. The van der Waals surface area contributed by atoms with Gasteiger partial charge in [-0.15, -0.1) is 0 Å². The number of rotatable bonds is 2. The van der Waals surface area contributed by atoms with E-state index in [-0.39, 0.29) is 0 Å². The van der Waals surface area contributed by atoms with Gasteiger partial charge in [-0.3, -0.25) is 0 Å². The molecule has 1 atom stereocenters. The van der Waals surface area contributed by atoms with Crippen LogP contribution in [0.15, 0.2) is 42.6 Å². The molecule has 0 fully saturated rings. The van der Waals surface area contributed by atoms with Gasteiger partial charge in [-0.2, -0.15) is 5.26 Å². The highest BCUT2D eigenvalue weighted by Crippen LogP contribution is 2.32. The molecule has 3 nitrogen and oxygen atoms in total. The van der Waals surface area contributed by atoms with E-state index in [1.165, 1.54) is 24.0 Å². The molecular weight excluding hydrogens is 234 g/mol. The molecule has 3 rings (SSSR count). The molecule has 0 spiro atoms. The summed E-state index contributed by atoms with van der Waals surface area (Å²) in [6.07, 6.45) is 5.24. The van der Waals surface area contributed by atoms with Gasteiger partial charge in [0, 0.05) is 0 Å². The third-order valence-electron chi connectivity index (χ3n) is 3.59. The molecule has 0 bridgehead atoms. The topological polar surface area (TPSA) is 48.7 Å². The first kappa shape index (κ1) is 11.7. The Kier molecular flexibility index (Phi) is 3.16. The van der Waals surface area contributed by atoms with E-state index in [4.69, 9.17) is 5.26 Å². The molecule has 0 amide bonds. The van der Waals surface area contributed by atoms with Gasteiger partial charge in [-0.05, 0) is 42.5 Å². The first-order valence-corrected chi connectivity index (χ1v) is 6.57. The minimum absolute atomic E-state index is 0.347. The van der Waals surface area contributed by atoms with Crippen LogP contribution in [0.3, 0.4) is 0 Å². The van der Waals surface area contributed by atoms with Crippen LogP contribution in [-0.2, 0) is 6.42 Å². The molecule has 1 aromatic heterocycles. The van der Waals surface area contributed by atoms with Gasteiger partial charge in [-0.25, -0.2) is 4.98 Å². The maximum absolute atomic E-state index is 8.75. The van der Waals surface area contributed by atoms with Crippen molar-refractivity contribution in [3.05, 3.63) is 59.4 Å². The molecule has 19 heavy (non-hydrogen) atoms. The highest BCUT2D eigenvalue weighted by atomic mass is 14.9. The van der Waals surface area contributed by atoms with Crippen molar-refractivity contribution in [2.75, 3.05) is 5.32 Å². The van der Waals surface area contributed by atoms with Crippen molar-refractivity contribution < 1.29 is 0 Å². The highest BCUT2D eigenvalue weighted by Gasteiger charge is 2.19. The van der Waals surface area contributed by atoms with E-state index in [0.717, 1.165) is 12.1 Å². The van der Waals surface area contributed by atoms with Crippen molar-refractivity contribution in [1.82, 2.24) is 4.98 Å². The first-order valence-electron chi connectivity index (χ1n) is 6.57. The lowest BCUT2D eigenvalue weighted by molar-refractivity contribution is 0.600. The van der Waals surface area contributed by atoms with Gasteiger partial charge in [0.05, 0.1) is 17.9 Å². The van der Waals surface area contributed by atoms with Gasteiger partial charge in [0.1, 0.15) is 11.8 Å². The minimum Gasteiger partial charge on any atom is -0.377 e. The van der Waals surface area contributed by atoms with E-state index >= 15 is 0 Å². The molecule has 1 heterocycles. The molecular formula is C16H15N3. The maximum Gasteiger partial charge on any atom is 0.140 e. The Balaban J connectivity index is 1.82. The van der Waals surface area contributed by atoms with Gasteiger partial charge in [-0.1, -0.05) is 24.3 Å². The van der Waals surface area contributed by atoms with E-state index in [1.54, 1.807) is 12.3 Å². The van der Waals surface area contributed by atoms with Crippen molar-refractivity contribution in [3.63, 3.8) is 0 Å². The number of pyridine rings is 1. The van der Waals surface area contributed by atoms with Crippen LogP contribution in [0, 0.1) is 11.3 Å². The second-order valence-electron chi connectivity index (χ2n) is 4.83. The number of fused-ring (bicyclic) bond motifs is 1. The highest BCUT2D eigenvalue weighted by molar-refractivity contribution is 5.47. The van der Waals surface area contributed by atoms with Crippen LogP contribution < -0.4 is 5.32 Å². The summed E-state index contributed by atoms with van der Waals surface area (Å²) in [7, 11) is 0. The van der Waals surface area contributed by atoms with Gasteiger partial charge in [0.15, 0.2) is 0 Å². The van der Waals surface area contributed by atoms with Crippen LogP contribution >= 0.6 is 0 Å². The van der Waals surface area contributed by atoms with Crippen LogP contribution in [-0.4, -0.2) is 4.98 Å². The fourth-order valence-electron chi connectivity index (χ4n) is 2.65. The monoisotopic (exact) mass is 249 g/mol. The average molecular weight is 249 g/mol. The third-order valence-corrected chi connectivity index (χ3v) is 3.59. The summed E-state index contributed by atoms with van der Waals surface area (Å²) >= 11 is 0. The molecule has 1 unspecified atom stereocenters. The molecule has 1 N–H and O–H groups in total. The Labute approximate surface area is 112 Å². The van der Waals surface area contributed by atoms with Gasteiger partial charge >= 0.3 is 0 Å². The number of hydrogen-bond donors (Lipinski definition) is 1. The number of nitrogens with one attached hydrogen (secondary N) is 1. The van der Waals surface area contributed by atoms with Crippen molar-refractivity contribution in [2.24, 2.45) is 0 Å². The largest absolute Gasteiger partial charge is 0.377 e. The van der Waals surface area contributed by atoms with Crippen LogP contribution in [0.4, 0.5) is 5.69 Å². The smallest absolute Gasteiger partial charge is 0.140 e. The Morgan fingerprint density at radius 2 is 2.11 bits per heavy atom. The number of hydrogen-bond acceptors (Lipinski definition) is 3. The van der Waals surface area contributed by atoms with Gasteiger partial charge < -0.3 is 5.32 Å². The predicted molar refractivity (Wildman–Crippen MR) is 74.7 cm³/mol. The molecule has 1 aliphatic carbocycles. The lowest BCUT2D eigenvalue weighted by Crippen LogP contribution is -2.17. The number of benzene rings is 1. The van der Waals surface area contributed by atoms with Crippen LogP contribution in [0.5, 0.6) is 0 Å². The Morgan fingerprint density at radius 3 is 2.89 bits per heavy atom. The van der Waals surface area contributed by atoms with Crippen LogP contribution in [0.1, 0.15) is 35.7 Å². The number of anilines is 1. The number of nitrogens with zero attached hydrogens (tertiary/aromatic N) is 2. The van der Waals surface area contributed by atoms with E-state index < -0.39 is 0 Å². The minimum atomic E-state index is 0.347. The molecule has 0 aliphatic heterocycles. The summed E-state index contributed by atoms with van der Waals surface area (Å²) in [5.41, 5.74) is 4.25. The van der Waals surface area contributed by atoms with E-state index in [1.807, 2.05) is 12.1 Å². The fourth-order valence-corrected chi connectivity index (χ4v) is 2.65. The van der Waals surface area contributed by atoms with Crippen molar-refractivity contribution >= 4 is 5.69 Å². The standard InChI is InChI=1S/C16H15N3/c17-10-13-8-9-14(11-18-13)19-16-7-3-5-12-4-1-2-6-15(12)16/h1-2,4,6,8-9,11,16,19H,3,5,7H2. The second-order valence-corrected chi connectivity index (χ2v) is 4.83. The number of aryl methyl sites for hydroxylation is 1. The summed E-state index contributed by atoms with van der Waals surface area (Å²) in [5.74, 6) is 0. The molecule has 3 heteroatoms. The van der Waals surface area contributed by atoms with E-state index in [0.29, 0.717) is 11.7 Å². The predicted octanol–water partition coefficient (Wildman–Crippen LogP) is 3.44. The summed E-state index contributed by atoms with van der Waals surface area (Å²) in [5, 5.41) is 12.3. The molecule has 0 radical (unpaired) electrons. The lowest BCUT2D eigenvalue weighted by Gasteiger charge is -2.27. The lowest BCUT2D eigenvalue weighted by atomic mass is 9.87. The zero-order valence-corrected chi connectivity index (χ0v) is 10.6. The van der Waals surface area contributed by atoms with Crippen molar-refractivity contribution in [3.8, 4) is 6.07 Å². The Bertz CT molecular complexity index is 611.